The highest BCUT2D eigenvalue weighted by atomic mass is 16.6. The zero-order valence-corrected chi connectivity index (χ0v) is 11.6. The van der Waals surface area contributed by atoms with E-state index >= 15 is 0 Å². The summed E-state index contributed by atoms with van der Waals surface area (Å²) in [5.41, 5.74) is 1.90. The molecule has 0 spiro atoms. The van der Waals surface area contributed by atoms with Gasteiger partial charge in [-0.15, -0.1) is 0 Å². The van der Waals surface area contributed by atoms with E-state index in [9.17, 15) is 9.59 Å². The minimum atomic E-state index is -0.528. The molecule has 5 heteroatoms. The van der Waals surface area contributed by atoms with Crippen LogP contribution in [0, 0.1) is 0 Å². The largest absolute Gasteiger partial charge is 0.443 e. The monoisotopic (exact) mass is 262 g/mol. The van der Waals surface area contributed by atoms with Gasteiger partial charge in [0.1, 0.15) is 5.60 Å². The normalized spacial score (nSPS) is 13.8. The van der Waals surface area contributed by atoms with Crippen LogP contribution in [0.2, 0.25) is 0 Å². The average Bonchev–Trinajstić information content (AvgIpc) is 2.64. The summed E-state index contributed by atoms with van der Waals surface area (Å²) in [5.74, 6) is -0.0212. The van der Waals surface area contributed by atoms with E-state index in [1.54, 1.807) is 19.2 Å². The van der Waals surface area contributed by atoms with Gasteiger partial charge in [0.2, 0.25) is 5.91 Å². The molecule has 0 fully saturated rings. The summed E-state index contributed by atoms with van der Waals surface area (Å²) in [5, 5.41) is 2.76. The number of carbonyl (C=O) groups is 2. The van der Waals surface area contributed by atoms with Crippen LogP contribution in [0.15, 0.2) is 18.2 Å². The molecule has 1 aromatic carbocycles. The van der Waals surface area contributed by atoms with E-state index in [4.69, 9.17) is 4.74 Å². The lowest BCUT2D eigenvalue weighted by atomic mass is 10.1. The predicted molar refractivity (Wildman–Crippen MR) is 73.4 cm³/mol. The quantitative estimate of drug-likeness (QED) is 0.846. The first kappa shape index (κ1) is 13.4. The van der Waals surface area contributed by atoms with Crippen molar-refractivity contribution >= 4 is 23.4 Å². The lowest BCUT2D eigenvalue weighted by molar-refractivity contribution is -0.115. The molecule has 2 amide bonds. The Labute approximate surface area is 112 Å². The van der Waals surface area contributed by atoms with Gasteiger partial charge >= 0.3 is 6.09 Å². The number of amides is 2. The summed E-state index contributed by atoms with van der Waals surface area (Å²) in [6.07, 6.45) is -0.0598. The van der Waals surface area contributed by atoms with Crippen LogP contribution in [-0.2, 0) is 16.0 Å². The van der Waals surface area contributed by atoms with Gasteiger partial charge in [0, 0.05) is 18.4 Å². The predicted octanol–water partition coefficient (Wildman–Crippen LogP) is 2.55. The highest BCUT2D eigenvalue weighted by Gasteiger charge is 2.23. The average molecular weight is 262 g/mol. The van der Waals surface area contributed by atoms with Gasteiger partial charge in [-0.05, 0) is 44.5 Å². The summed E-state index contributed by atoms with van der Waals surface area (Å²) in [6.45, 7) is 5.47. The number of benzene rings is 1. The van der Waals surface area contributed by atoms with Crippen LogP contribution in [0.25, 0.3) is 0 Å². The van der Waals surface area contributed by atoms with Gasteiger partial charge in [0.25, 0.3) is 0 Å². The summed E-state index contributed by atoms with van der Waals surface area (Å²) >= 11 is 0. The Hall–Kier alpha value is -2.04. The highest BCUT2D eigenvalue weighted by Crippen LogP contribution is 2.28. The molecule has 0 saturated heterocycles. The number of rotatable bonds is 1. The first-order valence-corrected chi connectivity index (χ1v) is 6.16. The van der Waals surface area contributed by atoms with Gasteiger partial charge in [-0.25, -0.2) is 4.79 Å². The number of anilines is 2. The lowest BCUT2D eigenvalue weighted by Crippen LogP contribution is -2.34. The maximum absolute atomic E-state index is 11.9. The third-order valence-electron chi connectivity index (χ3n) is 2.77. The Balaban J connectivity index is 2.17. The van der Waals surface area contributed by atoms with Crippen LogP contribution < -0.4 is 10.2 Å². The van der Waals surface area contributed by atoms with Crippen LogP contribution in [-0.4, -0.2) is 24.6 Å². The Morgan fingerprint density at radius 1 is 1.37 bits per heavy atom. The molecule has 1 N–H and O–H groups in total. The van der Waals surface area contributed by atoms with Crippen LogP contribution >= 0.6 is 0 Å². The molecule has 0 bridgehead atoms. The molecular formula is C14H18N2O3. The Morgan fingerprint density at radius 3 is 2.68 bits per heavy atom. The minimum absolute atomic E-state index is 0.0212. The molecule has 0 saturated carbocycles. The van der Waals surface area contributed by atoms with Crippen molar-refractivity contribution in [2.45, 2.75) is 32.8 Å². The molecule has 0 aromatic heterocycles. The van der Waals surface area contributed by atoms with E-state index in [2.05, 4.69) is 5.32 Å². The third kappa shape index (κ3) is 3.05. The van der Waals surface area contributed by atoms with Crippen LogP contribution in [0.4, 0.5) is 16.2 Å². The molecule has 1 heterocycles. The fourth-order valence-electron chi connectivity index (χ4n) is 1.86. The summed E-state index contributed by atoms with van der Waals surface area (Å²) < 4.78 is 5.30. The van der Waals surface area contributed by atoms with Crippen LogP contribution in [0.1, 0.15) is 26.3 Å². The topological polar surface area (TPSA) is 58.6 Å². The smallest absolute Gasteiger partial charge is 0.414 e. The molecule has 0 unspecified atom stereocenters. The van der Waals surface area contributed by atoms with Crippen molar-refractivity contribution in [2.24, 2.45) is 0 Å². The van der Waals surface area contributed by atoms with E-state index in [-0.39, 0.29) is 5.91 Å². The molecule has 2 rings (SSSR count). The molecule has 0 atom stereocenters. The SMILES string of the molecule is CN(C(=O)OC(C)(C)C)c1ccc2c(c1)CC(=O)N2. The first-order chi connectivity index (χ1) is 8.76. The van der Waals surface area contributed by atoms with Gasteiger partial charge in [0.15, 0.2) is 0 Å². The molecule has 1 aliphatic rings. The maximum atomic E-state index is 11.9. The second kappa shape index (κ2) is 4.57. The molecule has 102 valence electrons. The zero-order valence-electron chi connectivity index (χ0n) is 11.6. The second-order valence-electron chi connectivity index (χ2n) is 5.61. The van der Waals surface area contributed by atoms with E-state index in [0.717, 1.165) is 11.3 Å². The molecule has 0 aliphatic carbocycles. The van der Waals surface area contributed by atoms with Crippen molar-refractivity contribution in [1.29, 1.82) is 0 Å². The highest BCUT2D eigenvalue weighted by molar-refractivity contribution is 6.00. The molecule has 5 nitrogen and oxygen atoms in total. The van der Waals surface area contributed by atoms with E-state index in [1.807, 2.05) is 26.8 Å². The number of nitrogens with zero attached hydrogens (tertiary/aromatic N) is 1. The van der Waals surface area contributed by atoms with Gasteiger partial charge in [0.05, 0.1) is 6.42 Å². The van der Waals surface area contributed by atoms with Crippen molar-refractivity contribution in [2.75, 3.05) is 17.3 Å². The fourth-order valence-corrected chi connectivity index (χ4v) is 1.86. The molecule has 1 aromatic rings. The number of hydrogen-bond donors (Lipinski definition) is 1. The van der Waals surface area contributed by atoms with Crippen molar-refractivity contribution in [3.8, 4) is 0 Å². The molecule has 0 radical (unpaired) electrons. The number of hydrogen-bond acceptors (Lipinski definition) is 3. The van der Waals surface area contributed by atoms with Gasteiger partial charge in [-0.1, -0.05) is 0 Å². The first-order valence-electron chi connectivity index (χ1n) is 6.16. The third-order valence-corrected chi connectivity index (χ3v) is 2.77. The second-order valence-corrected chi connectivity index (χ2v) is 5.61. The van der Waals surface area contributed by atoms with Crippen molar-refractivity contribution < 1.29 is 14.3 Å². The van der Waals surface area contributed by atoms with Crippen LogP contribution in [0.3, 0.4) is 0 Å². The number of nitrogens with one attached hydrogen (secondary N) is 1. The van der Waals surface area contributed by atoms with Crippen LogP contribution in [0.5, 0.6) is 0 Å². The Kier molecular flexibility index (Phi) is 3.22. The summed E-state index contributed by atoms with van der Waals surface area (Å²) in [7, 11) is 1.65. The van der Waals surface area contributed by atoms with Crippen molar-refractivity contribution in [3.05, 3.63) is 23.8 Å². The number of fused-ring (bicyclic) bond motifs is 1. The van der Waals surface area contributed by atoms with Gasteiger partial charge < -0.3 is 10.1 Å². The van der Waals surface area contributed by atoms with Gasteiger partial charge in [-0.3, -0.25) is 9.69 Å². The number of carbonyl (C=O) groups excluding carboxylic acids is 2. The summed E-state index contributed by atoms with van der Waals surface area (Å²) in [4.78, 5) is 24.7. The van der Waals surface area contributed by atoms with Gasteiger partial charge in [-0.2, -0.15) is 0 Å². The molecular weight excluding hydrogens is 244 g/mol. The molecule has 19 heavy (non-hydrogen) atoms. The van der Waals surface area contributed by atoms with E-state index < -0.39 is 11.7 Å². The van der Waals surface area contributed by atoms with E-state index in [0.29, 0.717) is 12.1 Å². The van der Waals surface area contributed by atoms with Crippen molar-refractivity contribution in [3.63, 3.8) is 0 Å². The Morgan fingerprint density at radius 2 is 2.05 bits per heavy atom. The number of ether oxygens (including phenoxy) is 1. The zero-order chi connectivity index (χ0) is 14.2. The minimum Gasteiger partial charge on any atom is -0.443 e. The fraction of sp³-hybridized carbons (Fsp3) is 0.429. The lowest BCUT2D eigenvalue weighted by Gasteiger charge is -2.24. The molecule has 1 aliphatic heterocycles. The summed E-state index contributed by atoms with van der Waals surface area (Å²) in [6, 6.07) is 5.42. The van der Waals surface area contributed by atoms with Crippen molar-refractivity contribution in [1.82, 2.24) is 0 Å². The maximum Gasteiger partial charge on any atom is 0.414 e. The standard InChI is InChI=1S/C14H18N2O3/c1-14(2,3)19-13(18)16(4)10-5-6-11-9(7-10)8-12(17)15-11/h5-7H,8H2,1-4H3,(H,15,17). The van der Waals surface area contributed by atoms with E-state index in [1.165, 1.54) is 4.90 Å². The Bertz CT molecular complexity index is 532.